The van der Waals surface area contributed by atoms with Crippen LogP contribution >= 0.6 is 0 Å². The molecule has 0 aliphatic heterocycles. The third kappa shape index (κ3) is 4.39. The Bertz CT molecular complexity index is 223. The second-order valence-electron chi connectivity index (χ2n) is 5.31. The summed E-state index contributed by atoms with van der Waals surface area (Å²) in [5.41, 5.74) is 0. The molecule has 0 atom stereocenters. The van der Waals surface area contributed by atoms with Crippen LogP contribution in [-0.2, 0) is 0 Å². The van der Waals surface area contributed by atoms with Crippen molar-refractivity contribution in [3.8, 4) is 0 Å². The highest BCUT2D eigenvalue weighted by Gasteiger charge is 2.23. The van der Waals surface area contributed by atoms with E-state index in [1.807, 2.05) is 0 Å². The number of hydrogen-bond acceptors (Lipinski definition) is 2. The summed E-state index contributed by atoms with van der Waals surface area (Å²) in [4.78, 5) is 14.4. The molecular weight excluding hydrogens is 204 g/mol. The van der Waals surface area contributed by atoms with Crippen LogP contribution in [0.4, 0.5) is 4.79 Å². The first-order valence-corrected chi connectivity index (χ1v) is 6.07. The zero-order valence-electron chi connectivity index (χ0n) is 10.6. The molecule has 1 amide bonds. The van der Waals surface area contributed by atoms with Crippen LogP contribution in [0.15, 0.2) is 0 Å². The molecule has 16 heavy (non-hydrogen) atoms. The Morgan fingerprint density at radius 3 is 1.88 bits per heavy atom. The third-order valence-electron chi connectivity index (χ3n) is 3.45. The van der Waals surface area contributed by atoms with E-state index >= 15 is 0 Å². The SMILES string of the molecule is CN(C)CC1CCC(CN(C)C(=O)O)CC1. The Kier molecular flexibility index (Phi) is 5.06. The fourth-order valence-electron chi connectivity index (χ4n) is 2.58. The molecule has 4 nitrogen and oxygen atoms in total. The van der Waals surface area contributed by atoms with Gasteiger partial charge in [0.15, 0.2) is 0 Å². The fraction of sp³-hybridized carbons (Fsp3) is 0.917. The van der Waals surface area contributed by atoms with Gasteiger partial charge in [0.05, 0.1) is 0 Å². The summed E-state index contributed by atoms with van der Waals surface area (Å²) >= 11 is 0. The Hall–Kier alpha value is -0.770. The van der Waals surface area contributed by atoms with Gasteiger partial charge in [0, 0.05) is 20.1 Å². The van der Waals surface area contributed by atoms with Crippen LogP contribution in [0.25, 0.3) is 0 Å². The summed E-state index contributed by atoms with van der Waals surface area (Å²) in [7, 11) is 5.89. The highest BCUT2D eigenvalue weighted by atomic mass is 16.4. The van der Waals surface area contributed by atoms with E-state index in [1.165, 1.54) is 37.1 Å². The summed E-state index contributed by atoms with van der Waals surface area (Å²) in [5.74, 6) is 1.38. The second kappa shape index (κ2) is 6.09. The molecule has 0 aromatic rings. The minimum absolute atomic E-state index is 0.569. The van der Waals surface area contributed by atoms with Crippen LogP contribution in [0.2, 0.25) is 0 Å². The lowest BCUT2D eigenvalue weighted by Crippen LogP contribution is -2.33. The van der Waals surface area contributed by atoms with Gasteiger partial charge in [-0.2, -0.15) is 0 Å². The highest BCUT2D eigenvalue weighted by molar-refractivity contribution is 5.64. The van der Waals surface area contributed by atoms with E-state index in [1.54, 1.807) is 7.05 Å². The van der Waals surface area contributed by atoms with Crippen molar-refractivity contribution in [3.05, 3.63) is 0 Å². The zero-order chi connectivity index (χ0) is 12.1. The normalized spacial score (nSPS) is 25.8. The molecule has 94 valence electrons. The lowest BCUT2D eigenvalue weighted by atomic mass is 9.81. The summed E-state index contributed by atoms with van der Waals surface area (Å²) in [5, 5.41) is 8.80. The van der Waals surface area contributed by atoms with Gasteiger partial charge in [-0.1, -0.05) is 0 Å². The molecule has 0 aromatic heterocycles. The zero-order valence-corrected chi connectivity index (χ0v) is 10.6. The first-order chi connectivity index (χ1) is 7.49. The quantitative estimate of drug-likeness (QED) is 0.800. The van der Waals surface area contributed by atoms with Crippen molar-refractivity contribution < 1.29 is 9.90 Å². The molecule has 1 aliphatic carbocycles. The molecule has 0 bridgehead atoms. The van der Waals surface area contributed by atoms with Crippen molar-refractivity contribution in [2.24, 2.45) is 11.8 Å². The van der Waals surface area contributed by atoms with E-state index < -0.39 is 6.09 Å². The van der Waals surface area contributed by atoms with Crippen molar-refractivity contribution in [1.82, 2.24) is 9.80 Å². The van der Waals surface area contributed by atoms with Gasteiger partial charge in [-0.3, -0.25) is 0 Å². The van der Waals surface area contributed by atoms with E-state index in [4.69, 9.17) is 5.11 Å². The maximum atomic E-state index is 10.7. The minimum Gasteiger partial charge on any atom is -0.465 e. The van der Waals surface area contributed by atoms with Gasteiger partial charge in [-0.15, -0.1) is 0 Å². The predicted molar refractivity (Wildman–Crippen MR) is 64.7 cm³/mol. The largest absolute Gasteiger partial charge is 0.465 e. The molecule has 4 heteroatoms. The molecule has 0 heterocycles. The molecule has 1 aliphatic rings. The molecule has 0 spiro atoms. The second-order valence-corrected chi connectivity index (χ2v) is 5.31. The van der Waals surface area contributed by atoms with Gasteiger partial charge in [0.1, 0.15) is 0 Å². The molecule has 1 saturated carbocycles. The average Bonchev–Trinajstić information content (AvgIpc) is 2.20. The summed E-state index contributed by atoms with van der Waals surface area (Å²) in [6.45, 7) is 1.87. The smallest absolute Gasteiger partial charge is 0.407 e. The summed E-state index contributed by atoms with van der Waals surface area (Å²) < 4.78 is 0. The Morgan fingerprint density at radius 2 is 1.50 bits per heavy atom. The first kappa shape index (κ1) is 13.3. The Morgan fingerprint density at radius 1 is 1.06 bits per heavy atom. The average molecular weight is 228 g/mol. The standard InChI is InChI=1S/C12H24N2O2/c1-13(2)8-10-4-6-11(7-5-10)9-14(3)12(15)16/h10-11H,4-9H2,1-3H3,(H,15,16). The van der Waals surface area contributed by atoms with E-state index in [-0.39, 0.29) is 0 Å². The predicted octanol–water partition coefficient (Wildman–Crippen LogP) is 1.96. The number of hydrogen-bond donors (Lipinski definition) is 1. The molecule has 0 saturated heterocycles. The Balaban J connectivity index is 2.24. The fourth-order valence-corrected chi connectivity index (χ4v) is 2.58. The number of carboxylic acid groups (broad SMARTS) is 1. The number of carbonyl (C=O) groups is 1. The maximum absolute atomic E-state index is 10.7. The lowest BCUT2D eigenvalue weighted by Gasteiger charge is -2.31. The van der Waals surface area contributed by atoms with E-state index in [2.05, 4.69) is 19.0 Å². The van der Waals surface area contributed by atoms with Gasteiger partial charge in [-0.25, -0.2) is 4.79 Å². The van der Waals surface area contributed by atoms with Gasteiger partial charge < -0.3 is 14.9 Å². The van der Waals surface area contributed by atoms with Crippen LogP contribution in [-0.4, -0.2) is 55.2 Å². The number of rotatable bonds is 4. The van der Waals surface area contributed by atoms with Crippen molar-refractivity contribution in [3.63, 3.8) is 0 Å². The number of amides is 1. The van der Waals surface area contributed by atoms with Crippen molar-refractivity contribution in [1.29, 1.82) is 0 Å². The maximum Gasteiger partial charge on any atom is 0.407 e. The molecule has 0 radical (unpaired) electrons. The Labute approximate surface area is 98.2 Å². The minimum atomic E-state index is -0.810. The number of nitrogens with zero attached hydrogens (tertiary/aromatic N) is 2. The topological polar surface area (TPSA) is 43.8 Å². The van der Waals surface area contributed by atoms with Crippen LogP contribution < -0.4 is 0 Å². The van der Waals surface area contributed by atoms with Gasteiger partial charge >= 0.3 is 6.09 Å². The third-order valence-corrected chi connectivity index (χ3v) is 3.45. The van der Waals surface area contributed by atoms with Gasteiger partial charge in [0.25, 0.3) is 0 Å². The van der Waals surface area contributed by atoms with E-state index in [0.717, 1.165) is 5.92 Å². The molecule has 1 rings (SSSR count). The molecule has 1 fully saturated rings. The van der Waals surface area contributed by atoms with Gasteiger partial charge in [0.2, 0.25) is 0 Å². The molecule has 0 unspecified atom stereocenters. The van der Waals surface area contributed by atoms with Crippen LogP contribution in [0.5, 0.6) is 0 Å². The van der Waals surface area contributed by atoms with E-state index in [9.17, 15) is 4.79 Å². The van der Waals surface area contributed by atoms with Crippen molar-refractivity contribution in [2.45, 2.75) is 25.7 Å². The van der Waals surface area contributed by atoms with Crippen molar-refractivity contribution in [2.75, 3.05) is 34.2 Å². The van der Waals surface area contributed by atoms with Crippen molar-refractivity contribution >= 4 is 6.09 Å². The highest BCUT2D eigenvalue weighted by Crippen LogP contribution is 2.29. The lowest BCUT2D eigenvalue weighted by molar-refractivity contribution is 0.136. The van der Waals surface area contributed by atoms with Gasteiger partial charge in [-0.05, 0) is 51.6 Å². The molecule has 1 N–H and O–H groups in total. The van der Waals surface area contributed by atoms with Crippen LogP contribution in [0.3, 0.4) is 0 Å². The summed E-state index contributed by atoms with van der Waals surface area (Å²) in [6, 6.07) is 0. The van der Waals surface area contributed by atoms with Crippen LogP contribution in [0.1, 0.15) is 25.7 Å². The molecule has 0 aromatic carbocycles. The first-order valence-electron chi connectivity index (χ1n) is 6.07. The monoisotopic (exact) mass is 228 g/mol. The molecular formula is C12H24N2O2. The summed E-state index contributed by atoms with van der Waals surface area (Å²) in [6.07, 6.45) is 4.04. The van der Waals surface area contributed by atoms with E-state index in [0.29, 0.717) is 12.5 Å². The van der Waals surface area contributed by atoms with Crippen LogP contribution in [0, 0.1) is 11.8 Å².